The van der Waals surface area contributed by atoms with Crippen LogP contribution in [0, 0.1) is 5.92 Å². The van der Waals surface area contributed by atoms with Crippen LogP contribution in [0.2, 0.25) is 0 Å². The number of nitrogens with one attached hydrogen (secondary N) is 1. The largest absolute Gasteiger partial charge is 0.353 e. The quantitative estimate of drug-likeness (QED) is 0.825. The maximum absolute atomic E-state index is 12.3. The first-order chi connectivity index (χ1) is 12.5. The summed E-state index contributed by atoms with van der Waals surface area (Å²) < 4.78 is 0. The van der Waals surface area contributed by atoms with Crippen molar-refractivity contribution in [2.24, 2.45) is 5.92 Å². The second kappa shape index (κ2) is 8.09. The van der Waals surface area contributed by atoms with Crippen LogP contribution in [0.15, 0.2) is 17.8 Å². The number of aromatic nitrogens is 2. The van der Waals surface area contributed by atoms with Crippen LogP contribution in [-0.4, -0.2) is 65.3 Å². The molecule has 1 aliphatic rings. The predicted molar refractivity (Wildman–Crippen MR) is 104 cm³/mol. The van der Waals surface area contributed by atoms with Crippen LogP contribution in [0.1, 0.15) is 20.8 Å². The first kappa shape index (κ1) is 18.7. The van der Waals surface area contributed by atoms with Crippen LogP contribution in [0.3, 0.4) is 0 Å². The van der Waals surface area contributed by atoms with Crippen molar-refractivity contribution in [3.8, 4) is 0 Å². The molecule has 2 aromatic rings. The molecule has 1 aliphatic heterocycles. The van der Waals surface area contributed by atoms with Gasteiger partial charge in [-0.25, -0.2) is 9.97 Å². The highest BCUT2D eigenvalue weighted by atomic mass is 32.1. The Bertz CT molecular complexity index is 783. The van der Waals surface area contributed by atoms with Crippen LogP contribution >= 0.6 is 11.3 Å². The molecule has 26 heavy (non-hydrogen) atoms. The minimum absolute atomic E-state index is 0.00158. The first-order valence-corrected chi connectivity index (χ1v) is 9.79. The van der Waals surface area contributed by atoms with Crippen molar-refractivity contribution in [2.75, 3.05) is 37.6 Å². The third-order valence-corrected chi connectivity index (χ3v) is 5.52. The topological polar surface area (TPSA) is 78.4 Å². The number of anilines is 1. The van der Waals surface area contributed by atoms with Crippen molar-refractivity contribution < 1.29 is 9.59 Å². The second-order valence-electron chi connectivity index (χ2n) is 7.00. The Morgan fingerprint density at radius 2 is 1.96 bits per heavy atom. The van der Waals surface area contributed by atoms with Crippen molar-refractivity contribution in [1.82, 2.24) is 20.2 Å². The monoisotopic (exact) mass is 375 g/mol. The molecule has 2 aromatic heterocycles. The van der Waals surface area contributed by atoms with Crippen molar-refractivity contribution in [3.05, 3.63) is 17.8 Å². The smallest absolute Gasteiger partial charge is 0.234 e. The lowest BCUT2D eigenvalue weighted by Gasteiger charge is -2.35. The molecule has 0 spiro atoms. The number of rotatable bonds is 6. The number of thiophene rings is 1. The summed E-state index contributed by atoms with van der Waals surface area (Å²) in [6, 6.07) is 1.65. The molecule has 1 saturated heterocycles. The molecule has 7 nitrogen and oxygen atoms in total. The Labute approximate surface area is 157 Å². The van der Waals surface area contributed by atoms with Crippen LogP contribution in [0.4, 0.5) is 5.82 Å². The highest BCUT2D eigenvalue weighted by molar-refractivity contribution is 7.16. The molecule has 1 atom stereocenters. The molecule has 1 unspecified atom stereocenters. The average Bonchev–Trinajstić information content (AvgIpc) is 3.08. The average molecular weight is 375 g/mol. The molecule has 0 aliphatic carbocycles. The zero-order chi connectivity index (χ0) is 18.7. The van der Waals surface area contributed by atoms with Crippen LogP contribution in [0.25, 0.3) is 10.2 Å². The molecule has 0 radical (unpaired) electrons. The minimum Gasteiger partial charge on any atom is -0.353 e. The van der Waals surface area contributed by atoms with Gasteiger partial charge in [0.25, 0.3) is 0 Å². The van der Waals surface area contributed by atoms with Gasteiger partial charge in [0.05, 0.1) is 18.0 Å². The Balaban J connectivity index is 1.55. The number of carbonyl (C=O) groups excluding carboxylic acids is 2. The van der Waals surface area contributed by atoms with E-state index in [1.54, 1.807) is 17.7 Å². The number of hydrogen-bond donors (Lipinski definition) is 1. The van der Waals surface area contributed by atoms with Gasteiger partial charge in [-0.05, 0) is 24.3 Å². The molecule has 0 bridgehead atoms. The zero-order valence-electron chi connectivity index (χ0n) is 15.4. The van der Waals surface area contributed by atoms with Gasteiger partial charge in [-0.1, -0.05) is 13.8 Å². The number of hydrogen-bond acceptors (Lipinski definition) is 7. The third-order valence-electron chi connectivity index (χ3n) is 4.70. The molecular weight excluding hydrogens is 350 g/mol. The molecule has 1 fully saturated rings. The molecule has 0 aromatic carbocycles. The number of Topliss-reactive ketones (excluding diaryl/α,β-unsaturated/α-hetero) is 1. The molecule has 140 valence electrons. The summed E-state index contributed by atoms with van der Waals surface area (Å²) in [7, 11) is 0. The molecular formula is C18H25N5O2S. The van der Waals surface area contributed by atoms with E-state index >= 15 is 0 Å². The lowest BCUT2D eigenvalue weighted by Crippen LogP contribution is -2.52. The normalized spacial score (nSPS) is 16.8. The van der Waals surface area contributed by atoms with Crippen LogP contribution in [-0.2, 0) is 9.59 Å². The lowest BCUT2D eigenvalue weighted by atomic mass is 10.0. The fourth-order valence-corrected chi connectivity index (χ4v) is 4.03. The van der Waals surface area contributed by atoms with E-state index in [1.807, 2.05) is 19.2 Å². The molecule has 3 heterocycles. The summed E-state index contributed by atoms with van der Waals surface area (Å²) in [5.74, 6) is 0.979. The van der Waals surface area contributed by atoms with Gasteiger partial charge in [-0.15, -0.1) is 11.3 Å². The first-order valence-electron chi connectivity index (χ1n) is 8.91. The Hall–Kier alpha value is -2.06. The number of carbonyl (C=O) groups is 2. The Kier molecular flexibility index (Phi) is 5.83. The van der Waals surface area contributed by atoms with Gasteiger partial charge in [-0.3, -0.25) is 14.5 Å². The van der Waals surface area contributed by atoms with E-state index in [4.69, 9.17) is 0 Å². The third kappa shape index (κ3) is 4.19. The molecule has 1 N–H and O–H groups in total. The van der Waals surface area contributed by atoms with E-state index < -0.39 is 6.04 Å². The molecule has 1 amide bonds. The van der Waals surface area contributed by atoms with Crippen molar-refractivity contribution in [1.29, 1.82) is 0 Å². The van der Waals surface area contributed by atoms with Gasteiger partial charge < -0.3 is 10.2 Å². The maximum Gasteiger partial charge on any atom is 0.234 e. The van der Waals surface area contributed by atoms with E-state index in [9.17, 15) is 9.59 Å². The van der Waals surface area contributed by atoms with Gasteiger partial charge in [0.15, 0.2) is 5.78 Å². The Morgan fingerprint density at radius 1 is 1.23 bits per heavy atom. The van der Waals surface area contributed by atoms with Gasteiger partial charge in [-0.2, -0.15) is 0 Å². The molecule has 3 rings (SSSR count). The highest BCUT2D eigenvalue weighted by Crippen LogP contribution is 2.27. The highest BCUT2D eigenvalue weighted by Gasteiger charge is 2.24. The summed E-state index contributed by atoms with van der Waals surface area (Å²) in [5, 5.41) is 5.98. The molecule has 8 heteroatoms. The Morgan fingerprint density at radius 3 is 2.62 bits per heavy atom. The van der Waals surface area contributed by atoms with Gasteiger partial charge in [0.1, 0.15) is 17.0 Å². The standard InChI is InChI=1S/C18H25N5O2S/c1-12(2)16(13(3)24)21-15(25)10-22-5-7-23(8-6-22)17-14-4-9-26-18(14)20-11-19-17/h4,9,11-12,16H,5-8,10H2,1-3H3,(H,21,25). The summed E-state index contributed by atoms with van der Waals surface area (Å²) in [5.41, 5.74) is 0. The predicted octanol–water partition coefficient (Wildman–Crippen LogP) is 1.54. The van der Waals surface area contributed by atoms with E-state index in [0.29, 0.717) is 6.54 Å². The summed E-state index contributed by atoms with van der Waals surface area (Å²) in [6.07, 6.45) is 1.61. The number of nitrogens with zero attached hydrogens (tertiary/aromatic N) is 4. The van der Waals surface area contributed by atoms with Crippen molar-refractivity contribution in [2.45, 2.75) is 26.8 Å². The molecule has 0 saturated carbocycles. The summed E-state index contributed by atoms with van der Waals surface area (Å²) >= 11 is 1.62. The fourth-order valence-electron chi connectivity index (χ4n) is 3.31. The minimum atomic E-state index is -0.406. The number of amides is 1. The number of fused-ring (bicyclic) bond motifs is 1. The van der Waals surface area contributed by atoms with Crippen molar-refractivity contribution >= 4 is 39.1 Å². The van der Waals surface area contributed by atoms with Gasteiger partial charge >= 0.3 is 0 Å². The van der Waals surface area contributed by atoms with Gasteiger partial charge in [0, 0.05) is 26.2 Å². The van der Waals surface area contributed by atoms with Crippen LogP contribution < -0.4 is 10.2 Å². The summed E-state index contributed by atoms with van der Waals surface area (Å²) in [6.45, 7) is 8.94. The van der Waals surface area contributed by atoms with Crippen LogP contribution in [0.5, 0.6) is 0 Å². The lowest BCUT2D eigenvalue weighted by molar-refractivity contribution is -0.128. The number of ketones is 1. The number of piperazine rings is 1. The van der Waals surface area contributed by atoms with E-state index in [0.717, 1.165) is 42.2 Å². The fraction of sp³-hybridized carbons (Fsp3) is 0.556. The second-order valence-corrected chi connectivity index (χ2v) is 7.89. The summed E-state index contributed by atoms with van der Waals surface area (Å²) in [4.78, 5) is 38.1. The van der Waals surface area contributed by atoms with Gasteiger partial charge in [0.2, 0.25) is 5.91 Å². The van der Waals surface area contributed by atoms with E-state index in [1.165, 1.54) is 6.92 Å². The van der Waals surface area contributed by atoms with Crippen molar-refractivity contribution in [3.63, 3.8) is 0 Å². The SMILES string of the molecule is CC(=O)C(NC(=O)CN1CCN(c2ncnc3sccc23)CC1)C(C)C. The zero-order valence-corrected chi connectivity index (χ0v) is 16.3. The van der Waals surface area contributed by atoms with E-state index in [-0.39, 0.29) is 17.6 Å². The maximum atomic E-state index is 12.3. The van der Waals surface area contributed by atoms with E-state index in [2.05, 4.69) is 31.2 Å².